The molecule has 0 atom stereocenters. The maximum Gasteiger partial charge on any atom is 0.321 e. The van der Waals surface area contributed by atoms with E-state index >= 15 is 0 Å². The predicted octanol–water partition coefficient (Wildman–Crippen LogP) is 3.44. The fraction of sp³-hybridized carbons (Fsp3) is 0.300. The summed E-state index contributed by atoms with van der Waals surface area (Å²) >= 11 is 0. The van der Waals surface area contributed by atoms with Gasteiger partial charge in [-0.25, -0.2) is 14.8 Å². The Hall–Kier alpha value is -3.22. The number of methoxy groups -OCH3 is 1. The number of amides is 2. The zero-order valence-electron chi connectivity index (χ0n) is 15.1. The normalized spacial score (nSPS) is 14.9. The van der Waals surface area contributed by atoms with Crippen molar-refractivity contribution in [1.82, 2.24) is 19.9 Å². The molecule has 0 unspecified atom stereocenters. The molecule has 0 saturated carbocycles. The zero-order valence-corrected chi connectivity index (χ0v) is 15.1. The number of nitrogens with zero attached hydrogens (tertiary/aromatic N) is 4. The van der Waals surface area contributed by atoms with Crippen LogP contribution in [0.3, 0.4) is 0 Å². The number of urea groups is 1. The Bertz CT molecular complexity index is 940. The molecule has 3 heterocycles. The van der Waals surface area contributed by atoms with Gasteiger partial charge in [-0.1, -0.05) is 6.07 Å². The number of anilines is 1. The highest BCUT2D eigenvalue weighted by Crippen LogP contribution is 2.29. The summed E-state index contributed by atoms with van der Waals surface area (Å²) in [6.45, 7) is 1.38. The number of carbonyl (C=O) groups is 1. The molecule has 1 fully saturated rings. The van der Waals surface area contributed by atoms with Crippen LogP contribution in [-0.4, -0.2) is 46.1 Å². The van der Waals surface area contributed by atoms with Crippen molar-refractivity contribution in [2.75, 3.05) is 25.5 Å². The molecule has 4 rings (SSSR count). The highest BCUT2D eigenvalue weighted by Gasteiger charge is 2.25. The van der Waals surface area contributed by atoms with Crippen LogP contribution >= 0.6 is 0 Å². The number of benzene rings is 1. The van der Waals surface area contributed by atoms with Crippen molar-refractivity contribution in [2.45, 2.75) is 18.8 Å². The largest absolute Gasteiger partial charge is 0.497 e. The molecular formula is C20H21N5O2. The van der Waals surface area contributed by atoms with Crippen LogP contribution in [-0.2, 0) is 0 Å². The summed E-state index contributed by atoms with van der Waals surface area (Å²) in [6.07, 6.45) is 6.85. The van der Waals surface area contributed by atoms with E-state index in [0.717, 1.165) is 29.4 Å². The molecule has 1 aliphatic heterocycles. The number of ether oxygens (including phenoxy) is 1. The van der Waals surface area contributed by atoms with Crippen LogP contribution in [0.15, 0.2) is 49.1 Å². The van der Waals surface area contributed by atoms with Gasteiger partial charge in [0.1, 0.15) is 12.1 Å². The van der Waals surface area contributed by atoms with Gasteiger partial charge in [0.15, 0.2) is 0 Å². The Morgan fingerprint density at radius 2 is 2.04 bits per heavy atom. The number of pyridine rings is 1. The van der Waals surface area contributed by atoms with Gasteiger partial charge < -0.3 is 15.0 Å². The molecule has 7 heteroatoms. The van der Waals surface area contributed by atoms with Crippen LogP contribution in [0.4, 0.5) is 10.5 Å². The third-order valence-electron chi connectivity index (χ3n) is 4.96. The summed E-state index contributed by atoms with van der Waals surface area (Å²) in [7, 11) is 1.61. The van der Waals surface area contributed by atoms with Crippen molar-refractivity contribution in [3.05, 3.63) is 54.7 Å². The maximum absolute atomic E-state index is 12.8. The number of likely N-dealkylation sites (tertiary alicyclic amines) is 1. The number of carbonyl (C=O) groups excluding carboxylic acids is 1. The van der Waals surface area contributed by atoms with E-state index in [1.165, 1.54) is 0 Å². The Balaban J connectivity index is 1.47. The van der Waals surface area contributed by atoms with Gasteiger partial charge in [-0.15, -0.1) is 0 Å². The number of hydrogen-bond acceptors (Lipinski definition) is 5. The van der Waals surface area contributed by atoms with Gasteiger partial charge in [0, 0.05) is 48.5 Å². The predicted molar refractivity (Wildman–Crippen MR) is 103 cm³/mol. The van der Waals surface area contributed by atoms with E-state index in [1.54, 1.807) is 31.9 Å². The molecular weight excluding hydrogens is 342 g/mol. The fourth-order valence-corrected chi connectivity index (χ4v) is 3.49. The van der Waals surface area contributed by atoms with Gasteiger partial charge in [-0.05, 0) is 31.0 Å². The molecule has 3 aromatic rings. The lowest BCUT2D eigenvalue weighted by molar-refractivity contribution is 0.194. The summed E-state index contributed by atoms with van der Waals surface area (Å²) in [6, 6.07) is 9.37. The second-order valence-corrected chi connectivity index (χ2v) is 6.58. The Morgan fingerprint density at radius 1 is 1.19 bits per heavy atom. The van der Waals surface area contributed by atoms with Crippen molar-refractivity contribution in [2.24, 2.45) is 0 Å². The summed E-state index contributed by atoms with van der Waals surface area (Å²) < 4.78 is 5.35. The van der Waals surface area contributed by atoms with Crippen LogP contribution in [0.25, 0.3) is 10.9 Å². The third-order valence-corrected chi connectivity index (χ3v) is 4.96. The van der Waals surface area contributed by atoms with E-state index < -0.39 is 0 Å². The SMILES string of the molecule is COc1cc(NC(=O)N2CCC(c3ccncn3)CC2)c2ncccc2c1. The summed E-state index contributed by atoms with van der Waals surface area (Å²) in [5.74, 6) is 1.06. The molecule has 0 spiro atoms. The molecule has 1 saturated heterocycles. The molecule has 0 bridgehead atoms. The standard InChI is InChI=1S/C20H21N5O2/c1-27-16-11-15-3-2-7-22-19(15)18(12-16)24-20(26)25-9-5-14(6-10-25)17-4-8-21-13-23-17/h2-4,7-8,11-14H,5-6,9-10H2,1H3,(H,24,26). The molecule has 0 radical (unpaired) electrons. The van der Waals surface area contributed by atoms with Gasteiger partial charge in [-0.2, -0.15) is 0 Å². The molecule has 1 aliphatic rings. The first-order chi connectivity index (χ1) is 13.2. The van der Waals surface area contributed by atoms with E-state index in [0.29, 0.717) is 30.4 Å². The lowest BCUT2D eigenvalue weighted by Crippen LogP contribution is -2.40. The Labute approximate surface area is 157 Å². The minimum Gasteiger partial charge on any atom is -0.497 e. The van der Waals surface area contributed by atoms with E-state index in [4.69, 9.17) is 4.74 Å². The second kappa shape index (κ2) is 7.57. The number of piperidine rings is 1. The summed E-state index contributed by atoms with van der Waals surface area (Å²) in [5.41, 5.74) is 2.46. The van der Waals surface area contributed by atoms with Crippen LogP contribution in [0.2, 0.25) is 0 Å². The summed E-state index contributed by atoms with van der Waals surface area (Å²) in [4.78, 5) is 27.3. The van der Waals surface area contributed by atoms with E-state index in [1.807, 2.05) is 29.2 Å². The number of aromatic nitrogens is 3. The van der Waals surface area contributed by atoms with Crippen LogP contribution in [0.1, 0.15) is 24.5 Å². The molecule has 2 amide bonds. The zero-order chi connectivity index (χ0) is 18.6. The number of hydrogen-bond donors (Lipinski definition) is 1. The van der Waals surface area contributed by atoms with Gasteiger partial charge in [0.25, 0.3) is 0 Å². The van der Waals surface area contributed by atoms with Gasteiger partial charge >= 0.3 is 6.03 Å². The molecule has 7 nitrogen and oxygen atoms in total. The lowest BCUT2D eigenvalue weighted by Gasteiger charge is -2.31. The van der Waals surface area contributed by atoms with Gasteiger partial charge in [0.05, 0.1) is 18.3 Å². The number of nitrogens with one attached hydrogen (secondary N) is 1. The van der Waals surface area contributed by atoms with E-state index in [2.05, 4.69) is 20.3 Å². The lowest BCUT2D eigenvalue weighted by atomic mass is 9.93. The van der Waals surface area contributed by atoms with Gasteiger partial charge in [-0.3, -0.25) is 4.98 Å². The van der Waals surface area contributed by atoms with Crippen LogP contribution < -0.4 is 10.1 Å². The highest BCUT2D eigenvalue weighted by atomic mass is 16.5. The molecule has 1 aromatic carbocycles. The fourth-order valence-electron chi connectivity index (χ4n) is 3.49. The molecule has 138 valence electrons. The number of rotatable bonds is 3. The average Bonchev–Trinajstić information content (AvgIpc) is 2.74. The quantitative estimate of drug-likeness (QED) is 0.771. The number of fused-ring (bicyclic) bond motifs is 1. The minimum absolute atomic E-state index is 0.114. The summed E-state index contributed by atoms with van der Waals surface area (Å²) in [5, 5.41) is 3.93. The molecule has 0 aliphatic carbocycles. The van der Waals surface area contributed by atoms with Crippen LogP contribution in [0.5, 0.6) is 5.75 Å². The Kier molecular flexibility index (Phi) is 4.82. The highest BCUT2D eigenvalue weighted by molar-refractivity contribution is 6.00. The first-order valence-corrected chi connectivity index (χ1v) is 8.99. The first-order valence-electron chi connectivity index (χ1n) is 8.99. The molecule has 2 aromatic heterocycles. The van der Waals surface area contributed by atoms with E-state index in [-0.39, 0.29) is 6.03 Å². The van der Waals surface area contributed by atoms with E-state index in [9.17, 15) is 4.79 Å². The van der Waals surface area contributed by atoms with Crippen molar-refractivity contribution in [3.63, 3.8) is 0 Å². The molecule has 1 N–H and O–H groups in total. The molecule has 27 heavy (non-hydrogen) atoms. The third kappa shape index (κ3) is 3.67. The average molecular weight is 363 g/mol. The van der Waals surface area contributed by atoms with Crippen molar-refractivity contribution < 1.29 is 9.53 Å². The monoisotopic (exact) mass is 363 g/mol. The smallest absolute Gasteiger partial charge is 0.321 e. The van der Waals surface area contributed by atoms with Crippen molar-refractivity contribution in [1.29, 1.82) is 0 Å². The minimum atomic E-state index is -0.114. The maximum atomic E-state index is 12.8. The van der Waals surface area contributed by atoms with Crippen LogP contribution in [0, 0.1) is 0 Å². The second-order valence-electron chi connectivity index (χ2n) is 6.58. The van der Waals surface area contributed by atoms with Gasteiger partial charge in [0.2, 0.25) is 0 Å². The van der Waals surface area contributed by atoms with Crippen molar-refractivity contribution >= 4 is 22.6 Å². The Morgan fingerprint density at radius 3 is 2.78 bits per heavy atom. The first kappa shape index (κ1) is 17.2. The van der Waals surface area contributed by atoms with Crippen molar-refractivity contribution in [3.8, 4) is 5.75 Å². The topological polar surface area (TPSA) is 80.2 Å².